The molecule has 1 fully saturated rings. The van der Waals surface area contributed by atoms with Gasteiger partial charge in [-0.15, -0.1) is 0 Å². The van der Waals surface area contributed by atoms with E-state index in [4.69, 9.17) is 16.3 Å². The van der Waals surface area contributed by atoms with Crippen molar-refractivity contribution in [3.63, 3.8) is 0 Å². The molecule has 3 aromatic carbocycles. The molecule has 7 nitrogen and oxygen atoms in total. The Bertz CT molecular complexity index is 1380. The van der Waals surface area contributed by atoms with Gasteiger partial charge in [0.2, 0.25) is 0 Å². The Kier molecular flexibility index (Phi) is 7.38. The minimum Gasteiger partial charge on any atom is -0.495 e. The molecule has 0 radical (unpaired) electrons. The Morgan fingerprint density at radius 1 is 1.13 bits per heavy atom. The van der Waals surface area contributed by atoms with E-state index in [0.717, 1.165) is 49.4 Å². The molecular weight excluding hydrogens is 509 g/mol. The Hall–Kier alpha value is -3.46. The summed E-state index contributed by atoms with van der Waals surface area (Å²) in [7, 11) is 1.45. The van der Waals surface area contributed by atoms with E-state index in [9.17, 15) is 19.2 Å². The zero-order valence-corrected chi connectivity index (χ0v) is 21.7. The van der Waals surface area contributed by atoms with E-state index in [0.29, 0.717) is 17.8 Å². The first-order valence-electron chi connectivity index (χ1n) is 12.6. The number of carbonyl (C=O) groups excluding carboxylic acids is 2. The quantitative estimate of drug-likeness (QED) is 0.355. The van der Waals surface area contributed by atoms with Gasteiger partial charge in [0.15, 0.2) is 0 Å². The second-order valence-electron chi connectivity index (χ2n) is 9.94. The highest BCUT2D eigenvalue weighted by Gasteiger charge is 2.45. The molecule has 2 amide bonds. The number of fused-ring (bicyclic) bond motifs is 1. The molecule has 1 aliphatic carbocycles. The summed E-state index contributed by atoms with van der Waals surface area (Å²) in [6, 6.07) is 16.2. The summed E-state index contributed by atoms with van der Waals surface area (Å²) in [6.45, 7) is 0.507. The van der Waals surface area contributed by atoms with Gasteiger partial charge in [-0.1, -0.05) is 36.2 Å². The highest BCUT2D eigenvalue weighted by atomic mass is 35.5. The van der Waals surface area contributed by atoms with E-state index >= 15 is 0 Å². The van der Waals surface area contributed by atoms with Crippen molar-refractivity contribution in [2.75, 3.05) is 23.9 Å². The Labute approximate surface area is 225 Å². The van der Waals surface area contributed by atoms with Crippen LogP contribution in [0.5, 0.6) is 5.75 Å². The predicted octanol–water partition coefficient (Wildman–Crippen LogP) is 5.85. The number of hydroxylamine groups is 1. The van der Waals surface area contributed by atoms with Crippen molar-refractivity contribution in [3.05, 3.63) is 88.2 Å². The van der Waals surface area contributed by atoms with Crippen LogP contribution < -0.4 is 20.4 Å². The van der Waals surface area contributed by atoms with Gasteiger partial charge in [0, 0.05) is 23.8 Å². The Morgan fingerprint density at radius 3 is 2.74 bits per heavy atom. The van der Waals surface area contributed by atoms with Crippen molar-refractivity contribution in [2.24, 2.45) is 5.41 Å². The minimum atomic E-state index is -0.595. The lowest BCUT2D eigenvalue weighted by Gasteiger charge is -2.34. The van der Waals surface area contributed by atoms with Gasteiger partial charge in [0.1, 0.15) is 11.6 Å². The summed E-state index contributed by atoms with van der Waals surface area (Å²) in [4.78, 5) is 28.4. The van der Waals surface area contributed by atoms with Crippen molar-refractivity contribution in [2.45, 2.75) is 38.1 Å². The van der Waals surface area contributed by atoms with E-state index in [2.05, 4.69) is 10.8 Å². The molecule has 2 aliphatic rings. The summed E-state index contributed by atoms with van der Waals surface area (Å²) < 4.78 is 19.1. The normalized spacial score (nSPS) is 20.6. The smallest absolute Gasteiger partial charge is 0.258 e. The van der Waals surface area contributed by atoms with Gasteiger partial charge in [-0.05, 0) is 79.1 Å². The van der Waals surface area contributed by atoms with Crippen LogP contribution in [-0.4, -0.2) is 36.7 Å². The molecule has 0 aromatic heterocycles. The molecule has 1 aliphatic heterocycles. The van der Waals surface area contributed by atoms with Crippen LogP contribution in [-0.2, 0) is 6.42 Å². The van der Waals surface area contributed by atoms with Gasteiger partial charge < -0.3 is 20.2 Å². The molecule has 9 heteroatoms. The number of nitrogens with one attached hydrogen (secondary N) is 2. The second kappa shape index (κ2) is 10.7. The third-order valence-electron chi connectivity index (χ3n) is 7.84. The summed E-state index contributed by atoms with van der Waals surface area (Å²) >= 11 is 6.07. The number of hydrogen-bond acceptors (Lipinski definition) is 5. The fraction of sp³-hybridized carbons (Fsp3) is 0.310. The van der Waals surface area contributed by atoms with Crippen LogP contribution in [0.3, 0.4) is 0 Å². The van der Waals surface area contributed by atoms with Crippen molar-refractivity contribution in [1.29, 1.82) is 0 Å². The van der Waals surface area contributed by atoms with Crippen molar-refractivity contribution >= 4 is 34.8 Å². The summed E-state index contributed by atoms with van der Waals surface area (Å²) in [5, 5.41) is 12.6. The number of methoxy groups -OCH3 is 1. The molecule has 198 valence electrons. The second-order valence-corrected chi connectivity index (χ2v) is 10.3. The fourth-order valence-electron chi connectivity index (χ4n) is 5.85. The Balaban J connectivity index is 1.42. The fourth-order valence-corrected chi connectivity index (χ4v) is 6.06. The lowest BCUT2D eigenvalue weighted by Crippen LogP contribution is -2.42. The number of anilines is 2. The van der Waals surface area contributed by atoms with Crippen LogP contribution in [0, 0.1) is 11.2 Å². The number of para-hydroxylation sites is 1. The van der Waals surface area contributed by atoms with Gasteiger partial charge in [0.05, 0.1) is 23.4 Å². The average Bonchev–Trinajstić information content (AvgIpc) is 3.24. The van der Waals surface area contributed by atoms with Crippen LogP contribution in [0.15, 0.2) is 60.7 Å². The zero-order chi connectivity index (χ0) is 26.9. The van der Waals surface area contributed by atoms with Crippen LogP contribution in [0.2, 0.25) is 5.02 Å². The van der Waals surface area contributed by atoms with E-state index in [-0.39, 0.29) is 33.7 Å². The van der Waals surface area contributed by atoms with Crippen molar-refractivity contribution < 1.29 is 23.9 Å². The predicted molar refractivity (Wildman–Crippen MR) is 144 cm³/mol. The SMILES string of the molecule is COc1cc(C(=O)N2CCC3(CCCC3NO)Cc3ccccc32)ccc1NC(=O)c1cc(F)ccc1Cl. The van der Waals surface area contributed by atoms with Crippen LogP contribution in [0.1, 0.15) is 52.0 Å². The lowest BCUT2D eigenvalue weighted by atomic mass is 9.75. The topological polar surface area (TPSA) is 90.9 Å². The van der Waals surface area contributed by atoms with Crippen LogP contribution >= 0.6 is 11.6 Å². The molecule has 2 atom stereocenters. The number of ether oxygens (including phenoxy) is 1. The number of rotatable bonds is 5. The van der Waals surface area contributed by atoms with E-state index < -0.39 is 11.7 Å². The zero-order valence-electron chi connectivity index (χ0n) is 21.0. The number of nitrogens with zero attached hydrogens (tertiary/aromatic N) is 1. The molecule has 2 unspecified atom stereocenters. The van der Waals surface area contributed by atoms with Gasteiger partial charge >= 0.3 is 0 Å². The molecule has 0 bridgehead atoms. The minimum absolute atomic E-state index is 0.00781. The number of benzene rings is 3. The molecule has 1 saturated carbocycles. The maximum Gasteiger partial charge on any atom is 0.258 e. The Morgan fingerprint density at radius 2 is 1.95 bits per heavy atom. The van der Waals surface area contributed by atoms with Crippen molar-refractivity contribution in [3.8, 4) is 5.75 Å². The van der Waals surface area contributed by atoms with E-state index in [1.54, 1.807) is 23.1 Å². The maximum absolute atomic E-state index is 13.8. The number of hydrogen-bond donors (Lipinski definition) is 3. The molecule has 5 rings (SSSR count). The molecule has 0 saturated heterocycles. The summed E-state index contributed by atoms with van der Waals surface area (Å²) in [5.41, 5.74) is 5.06. The molecular formula is C29H29ClFN3O4. The van der Waals surface area contributed by atoms with Gasteiger partial charge in [-0.2, -0.15) is 0 Å². The number of halogens is 2. The average molecular weight is 538 g/mol. The largest absolute Gasteiger partial charge is 0.495 e. The number of amides is 2. The maximum atomic E-state index is 13.8. The molecule has 3 aromatic rings. The summed E-state index contributed by atoms with van der Waals surface area (Å²) in [5.74, 6) is -1.07. The number of carbonyl (C=O) groups is 2. The lowest BCUT2D eigenvalue weighted by molar-refractivity contribution is 0.0620. The summed E-state index contributed by atoms with van der Waals surface area (Å²) in [6.07, 6.45) is 4.45. The molecule has 38 heavy (non-hydrogen) atoms. The van der Waals surface area contributed by atoms with Gasteiger partial charge in [-0.25, -0.2) is 9.87 Å². The first kappa shape index (κ1) is 26.2. The van der Waals surface area contributed by atoms with Gasteiger partial charge in [-0.3, -0.25) is 9.59 Å². The van der Waals surface area contributed by atoms with E-state index in [1.807, 2.05) is 24.3 Å². The third kappa shape index (κ3) is 4.87. The van der Waals surface area contributed by atoms with Gasteiger partial charge in [0.25, 0.3) is 11.8 Å². The molecule has 1 spiro atoms. The standard InChI is InChI=1S/C29H29ClFN3O4/c1-38-25-15-18(8-11-23(25)32-27(35)21-16-20(31)9-10-22(21)30)28(36)34-14-13-29(12-4-7-26(29)33-37)17-19-5-2-3-6-24(19)34/h2-3,5-6,8-11,15-16,26,33,37H,4,7,12-14,17H2,1H3,(H,32,35). The molecule has 3 N–H and O–H groups in total. The first-order valence-corrected chi connectivity index (χ1v) is 13.0. The molecule has 1 heterocycles. The van der Waals surface area contributed by atoms with Crippen molar-refractivity contribution in [1.82, 2.24) is 5.48 Å². The monoisotopic (exact) mass is 537 g/mol. The van der Waals surface area contributed by atoms with E-state index in [1.165, 1.54) is 19.2 Å². The highest BCUT2D eigenvalue weighted by molar-refractivity contribution is 6.34. The highest BCUT2D eigenvalue weighted by Crippen LogP contribution is 2.47. The van der Waals surface area contributed by atoms with Crippen LogP contribution in [0.25, 0.3) is 0 Å². The first-order chi connectivity index (χ1) is 18.3. The van der Waals surface area contributed by atoms with Crippen LogP contribution in [0.4, 0.5) is 15.8 Å². The third-order valence-corrected chi connectivity index (χ3v) is 8.17.